The maximum atomic E-state index is 12.4. The summed E-state index contributed by atoms with van der Waals surface area (Å²) in [4.78, 5) is 24.8. The van der Waals surface area contributed by atoms with Gasteiger partial charge in [-0.1, -0.05) is 76.5 Å². The molecule has 1 aromatic rings. The van der Waals surface area contributed by atoms with Crippen molar-refractivity contribution in [2.75, 3.05) is 0 Å². The van der Waals surface area contributed by atoms with Crippen LogP contribution in [0.1, 0.15) is 102 Å². The Hall–Kier alpha value is -1.88. The number of benzene rings is 1. The zero-order valence-corrected chi connectivity index (χ0v) is 19.2. The van der Waals surface area contributed by atoms with Gasteiger partial charge in [0.2, 0.25) is 0 Å². The standard InChI is InChI=1S/C25H40O5/c1-5-6-7-8-9-10-11-12-16-19-21(22(26)24(28)30-25(2,3)4)29-23(27)20-17-14-13-15-18-20/h13-15,17-18,21-22,26H,5-12,16,19H2,1-4H3/t21-,22+/m0/s1. The molecule has 0 amide bonds. The summed E-state index contributed by atoms with van der Waals surface area (Å²) in [6, 6.07) is 8.61. The molecule has 0 saturated heterocycles. The Bertz CT molecular complexity index is 606. The molecule has 5 heteroatoms. The number of esters is 2. The van der Waals surface area contributed by atoms with E-state index in [4.69, 9.17) is 9.47 Å². The first-order valence-corrected chi connectivity index (χ1v) is 11.4. The number of carbonyl (C=O) groups excluding carboxylic acids is 2. The Kier molecular flexibility index (Phi) is 12.4. The molecule has 1 aromatic carbocycles. The van der Waals surface area contributed by atoms with Crippen LogP contribution < -0.4 is 0 Å². The molecule has 0 radical (unpaired) electrons. The Morgan fingerprint density at radius 3 is 1.97 bits per heavy atom. The van der Waals surface area contributed by atoms with Gasteiger partial charge in [-0.05, 0) is 45.7 Å². The first-order valence-electron chi connectivity index (χ1n) is 11.4. The van der Waals surface area contributed by atoms with Crippen molar-refractivity contribution in [2.24, 2.45) is 0 Å². The second-order valence-electron chi connectivity index (χ2n) is 8.91. The van der Waals surface area contributed by atoms with Crippen LogP contribution in [0.25, 0.3) is 0 Å². The van der Waals surface area contributed by atoms with Gasteiger partial charge >= 0.3 is 11.9 Å². The fourth-order valence-electron chi connectivity index (χ4n) is 3.23. The highest BCUT2D eigenvalue weighted by atomic mass is 16.6. The highest BCUT2D eigenvalue weighted by molar-refractivity contribution is 5.89. The molecule has 0 aliphatic rings. The lowest BCUT2D eigenvalue weighted by atomic mass is 10.0. The smallest absolute Gasteiger partial charge is 0.339 e. The second-order valence-corrected chi connectivity index (χ2v) is 8.91. The fourth-order valence-corrected chi connectivity index (χ4v) is 3.23. The molecule has 5 nitrogen and oxygen atoms in total. The monoisotopic (exact) mass is 420 g/mol. The van der Waals surface area contributed by atoms with Gasteiger partial charge < -0.3 is 14.6 Å². The second kappa shape index (κ2) is 14.2. The van der Waals surface area contributed by atoms with Gasteiger partial charge in [-0.15, -0.1) is 0 Å². The number of hydrogen-bond donors (Lipinski definition) is 1. The summed E-state index contributed by atoms with van der Waals surface area (Å²) < 4.78 is 10.8. The van der Waals surface area contributed by atoms with Gasteiger partial charge in [0, 0.05) is 0 Å². The van der Waals surface area contributed by atoms with E-state index in [0.717, 1.165) is 19.3 Å². The van der Waals surface area contributed by atoms with Gasteiger partial charge in [0.05, 0.1) is 5.56 Å². The molecule has 30 heavy (non-hydrogen) atoms. The van der Waals surface area contributed by atoms with Gasteiger partial charge in [0.25, 0.3) is 0 Å². The van der Waals surface area contributed by atoms with Gasteiger partial charge in [0.1, 0.15) is 11.7 Å². The molecule has 0 heterocycles. The Balaban J connectivity index is 2.55. The first-order chi connectivity index (χ1) is 14.2. The molecular formula is C25H40O5. The van der Waals surface area contributed by atoms with Crippen LogP contribution in [-0.2, 0) is 14.3 Å². The fraction of sp³-hybridized carbons (Fsp3) is 0.680. The summed E-state index contributed by atoms with van der Waals surface area (Å²) in [5.74, 6) is -1.30. The summed E-state index contributed by atoms with van der Waals surface area (Å²) >= 11 is 0. The lowest BCUT2D eigenvalue weighted by Crippen LogP contribution is -2.41. The van der Waals surface area contributed by atoms with Gasteiger partial charge in [0.15, 0.2) is 6.10 Å². The molecule has 0 spiro atoms. The van der Waals surface area contributed by atoms with E-state index < -0.39 is 29.7 Å². The molecule has 2 atom stereocenters. The van der Waals surface area contributed by atoms with E-state index in [2.05, 4.69) is 6.92 Å². The van der Waals surface area contributed by atoms with E-state index in [0.29, 0.717) is 12.0 Å². The van der Waals surface area contributed by atoms with Gasteiger partial charge in [-0.3, -0.25) is 0 Å². The van der Waals surface area contributed by atoms with Crippen LogP contribution in [0.2, 0.25) is 0 Å². The molecule has 170 valence electrons. The van der Waals surface area contributed by atoms with Crippen molar-refractivity contribution >= 4 is 11.9 Å². The molecule has 1 N–H and O–H groups in total. The lowest BCUT2D eigenvalue weighted by molar-refractivity contribution is -0.171. The molecule has 0 aromatic heterocycles. The minimum atomic E-state index is -1.49. The molecule has 0 fully saturated rings. The maximum absolute atomic E-state index is 12.4. The zero-order chi connectivity index (χ0) is 22.4. The average Bonchev–Trinajstić information content (AvgIpc) is 2.70. The summed E-state index contributed by atoms with van der Waals surface area (Å²) in [5.41, 5.74) is -0.324. The van der Waals surface area contributed by atoms with Crippen molar-refractivity contribution in [1.82, 2.24) is 0 Å². The highest BCUT2D eigenvalue weighted by Gasteiger charge is 2.33. The third-order valence-electron chi connectivity index (χ3n) is 4.86. The van der Waals surface area contributed by atoms with Crippen molar-refractivity contribution in [2.45, 2.75) is 110 Å². The number of rotatable bonds is 14. The number of ether oxygens (including phenoxy) is 2. The van der Waals surface area contributed by atoms with Crippen LogP contribution in [0, 0.1) is 0 Å². The van der Waals surface area contributed by atoms with Crippen molar-refractivity contribution in [3.8, 4) is 0 Å². The largest absolute Gasteiger partial charge is 0.458 e. The van der Waals surface area contributed by atoms with Crippen LogP contribution in [0.15, 0.2) is 30.3 Å². The topological polar surface area (TPSA) is 72.8 Å². The zero-order valence-electron chi connectivity index (χ0n) is 19.2. The number of aliphatic hydroxyl groups excluding tert-OH is 1. The number of unbranched alkanes of at least 4 members (excludes halogenated alkanes) is 8. The Morgan fingerprint density at radius 2 is 1.43 bits per heavy atom. The molecule has 0 unspecified atom stereocenters. The normalized spacial score (nSPS) is 13.5. The molecule has 0 saturated carbocycles. The quantitative estimate of drug-likeness (QED) is 0.302. The van der Waals surface area contributed by atoms with Crippen LogP contribution in [0.3, 0.4) is 0 Å². The van der Waals surface area contributed by atoms with E-state index >= 15 is 0 Å². The van der Waals surface area contributed by atoms with Crippen molar-refractivity contribution < 1.29 is 24.2 Å². The predicted octanol–water partition coefficient (Wildman–Crippen LogP) is 5.84. The van der Waals surface area contributed by atoms with Crippen LogP contribution >= 0.6 is 0 Å². The number of carbonyl (C=O) groups is 2. The van der Waals surface area contributed by atoms with E-state index in [9.17, 15) is 14.7 Å². The molecular weight excluding hydrogens is 380 g/mol. The van der Waals surface area contributed by atoms with Crippen LogP contribution in [-0.4, -0.2) is 34.9 Å². The molecule has 0 bridgehead atoms. The SMILES string of the molecule is CCCCCCCCCCC[C@H](OC(=O)c1ccccc1)[C@@H](O)C(=O)OC(C)(C)C. The molecule has 0 aliphatic carbocycles. The minimum absolute atomic E-state index is 0.394. The minimum Gasteiger partial charge on any atom is -0.458 e. The third-order valence-corrected chi connectivity index (χ3v) is 4.86. The summed E-state index contributed by atoms with van der Waals surface area (Å²) in [6.07, 6.45) is 8.44. The van der Waals surface area contributed by atoms with E-state index in [1.165, 1.54) is 38.5 Å². The average molecular weight is 421 g/mol. The third kappa shape index (κ3) is 11.3. The van der Waals surface area contributed by atoms with Crippen LogP contribution in [0.5, 0.6) is 0 Å². The Morgan fingerprint density at radius 1 is 0.900 bits per heavy atom. The number of hydrogen-bond acceptors (Lipinski definition) is 5. The Labute approximate surface area is 182 Å². The van der Waals surface area contributed by atoms with Crippen molar-refractivity contribution in [1.29, 1.82) is 0 Å². The summed E-state index contributed by atoms with van der Waals surface area (Å²) in [6.45, 7) is 7.43. The highest BCUT2D eigenvalue weighted by Crippen LogP contribution is 2.18. The predicted molar refractivity (Wildman–Crippen MR) is 119 cm³/mol. The lowest BCUT2D eigenvalue weighted by Gasteiger charge is -2.26. The summed E-state index contributed by atoms with van der Waals surface area (Å²) in [5, 5.41) is 10.5. The first kappa shape index (κ1) is 26.2. The molecule has 0 aliphatic heterocycles. The van der Waals surface area contributed by atoms with Crippen LogP contribution in [0.4, 0.5) is 0 Å². The van der Waals surface area contributed by atoms with Crippen molar-refractivity contribution in [3.63, 3.8) is 0 Å². The van der Waals surface area contributed by atoms with E-state index in [-0.39, 0.29) is 0 Å². The molecule has 1 rings (SSSR count). The van der Waals surface area contributed by atoms with Crippen molar-refractivity contribution in [3.05, 3.63) is 35.9 Å². The van der Waals surface area contributed by atoms with Gasteiger partial charge in [-0.2, -0.15) is 0 Å². The maximum Gasteiger partial charge on any atom is 0.339 e. The van der Waals surface area contributed by atoms with E-state index in [1.807, 2.05) is 6.07 Å². The van der Waals surface area contributed by atoms with E-state index in [1.54, 1.807) is 45.0 Å². The summed E-state index contributed by atoms with van der Waals surface area (Å²) in [7, 11) is 0. The van der Waals surface area contributed by atoms with Gasteiger partial charge in [-0.25, -0.2) is 9.59 Å². The number of aliphatic hydroxyl groups is 1.